The Morgan fingerprint density at radius 3 is 2.32 bits per heavy atom. The fourth-order valence-corrected chi connectivity index (χ4v) is 4.42. The Morgan fingerprint density at radius 1 is 1.10 bits per heavy atom. The molecular weight excluding hydrogens is 430 g/mol. The molecule has 1 aliphatic heterocycles. The number of likely N-dealkylation sites (tertiary alicyclic amines) is 1. The molecule has 0 aromatic heterocycles. The van der Waals surface area contributed by atoms with Crippen LogP contribution < -0.4 is 10.1 Å². The number of rotatable bonds is 4. The highest BCUT2D eigenvalue weighted by Crippen LogP contribution is 2.41. The van der Waals surface area contributed by atoms with Gasteiger partial charge in [0, 0.05) is 25.2 Å². The van der Waals surface area contributed by atoms with Gasteiger partial charge in [0.25, 0.3) is 5.91 Å². The lowest BCUT2D eigenvalue weighted by molar-refractivity contribution is -0.143. The van der Waals surface area contributed by atoms with E-state index in [-0.39, 0.29) is 12.1 Å². The van der Waals surface area contributed by atoms with Crippen LogP contribution in [0.1, 0.15) is 53.6 Å². The molecule has 1 aliphatic carbocycles. The number of nitrogens with zero attached hydrogens (tertiary/aromatic N) is 1. The van der Waals surface area contributed by atoms with E-state index >= 15 is 0 Å². The zero-order valence-corrected chi connectivity index (χ0v) is 16.8. The van der Waals surface area contributed by atoms with Crippen LogP contribution in [0.4, 0.5) is 26.3 Å². The number of halogens is 6. The number of benzene rings is 1. The molecular formula is C20H24F6N2O3. The summed E-state index contributed by atoms with van der Waals surface area (Å²) < 4.78 is 84.8. The molecule has 2 aliphatic rings. The lowest BCUT2D eigenvalue weighted by Crippen LogP contribution is -2.53. The van der Waals surface area contributed by atoms with Crippen molar-refractivity contribution in [2.45, 2.75) is 62.6 Å². The number of hydrogen-bond donors (Lipinski definition) is 2. The number of ether oxygens (including phenoxy) is 1. The fourth-order valence-electron chi connectivity index (χ4n) is 4.42. The summed E-state index contributed by atoms with van der Waals surface area (Å²) in [6, 6.07) is -0.310. The lowest BCUT2D eigenvalue weighted by atomic mass is 9.88. The predicted molar refractivity (Wildman–Crippen MR) is 98.7 cm³/mol. The first kappa shape index (κ1) is 23.6. The number of aliphatic hydroxyl groups is 1. The van der Waals surface area contributed by atoms with E-state index in [2.05, 4.69) is 5.32 Å². The minimum Gasteiger partial charge on any atom is -0.496 e. The summed E-state index contributed by atoms with van der Waals surface area (Å²) in [7, 11) is 0.918. The van der Waals surface area contributed by atoms with E-state index in [1.807, 2.05) is 4.90 Å². The number of β-amino-alcohol motifs (C(OH)–C–C–N with tert-alkyl or cyclic N) is 1. The molecule has 0 radical (unpaired) electrons. The van der Waals surface area contributed by atoms with Gasteiger partial charge in [0.15, 0.2) is 0 Å². The summed E-state index contributed by atoms with van der Waals surface area (Å²) in [6.07, 6.45) is -7.29. The highest BCUT2D eigenvalue weighted by molar-refractivity contribution is 5.99. The van der Waals surface area contributed by atoms with Gasteiger partial charge >= 0.3 is 12.4 Å². The molecule has 1 aromatic carbocycles. The number of amides is 1. The second kappa shape index (κ2) is 8.85. The number of alkyl halides is 6. The van der Waals surface area contributed by atoms with Gasteiger partial charge in [-0.05, 0) is 31.4 Å². The first-order valence-corrected chi connectivity index (χ1v) is 10.0. The van der Waals surface area contributed by atoms with E-state index in [1.54, 1.807) is 0 Å². The van der Waals surface area contributed by atoms with Gasteiger partial charge in [-0.2, -0.15) is 26.3 Å². The second-order valence-corrected chi connectivity index (χ2v) is 7.97. The van der Waals surface area contributed by atoms with Crippen LogP contribution in [0.25, 0.3) is 0 Å². The molecule has 1 heterocycles. The fraction of sp³-hybridized carbons (Fsp3) is 0.650. The van der Waals surface area contributed by atoms with Gasteiger partial charge in [0.1, 0.15) is 5.75 Å². The molecule has 1 saturated carbocycles. The summed E-state index contributed by atoms with van der Waals surface area (Å²) in [5, 5.41) is 12.4. The maximum absolute atomic E-state index is 13.6. The van der Waals surface area contributed by atoms with E-state index in [1.165, 1.54) is 0 Å². The highest BCUT2D eigenvalue weighted by atomic mass is 19.4. The lowest BCUT2D eigenvalue weighted by Gasteiger charge is -2.38. The molecule has 3 atom stereocenters. The van der Waals surface area contributed by atoms with Gasteiger partial charge in [-0.25, -0.2) is 0 Å². The van der Waals surface area contributed by atoms with E-state index in [9.17, 15) is 36.2 Å². The molecule has 0 spiro atoms. The SMILES string of the molecule is COc1cc(C(F)(F)F)cc(C(F)(F)F)c1C(=O)N[C@@H]1CCCC[C@@H]1N1CC[C@H](O)C1. The number of nitrogens with one attached hydrogen (secondary N) is 1. The summed E-state index contributed by atoms with van der Waals surface area (Å²) in [5.74, 6) is -1.92. The quantitative estimate of drug-likeness (QED) is 0.679. The van der Waals surface area contributed by atoms with E-state index < -0.39 is 52.8 Å². The van der Waals surface area contributed by atoms with Crippen molar-refractivity contribution in [1.29, 1.82) is 0 Å². The van der Waals surface area contributed by atoms with Crippen molar-refractivity contribution < 1.29 is 41.0 Å². The minimum absolute atomic E-state index is 0.0629. The monoisotopic (exact) mass is 454 g/mol. The first-order valence-electron chi connectivity index (χ1n) is 10.0. The second-order valence-electron chi connectivity index (χ2n) is 7.97. The first-order chi connectivity index (χ1) is 14.4. The van der Waals surface area contributed by atoms with Crippen LogP contribution >= 0.6 is 0 Å². The molecule has 0 unspecified atom stereocenters. The molecule has 0 bridgehead atoms. The van der Waals surface area contributed by atoms with Gasteiger partial charge in [-0.1, -0.05) is 12.8 Å². The average molecular weight is 454 g/mol. The molecule has 1 amide bonds. The van der Waals surface area contributed by atoms with Crippen molar-refractivity contribution in [1.82, 2.24) is 10.2 Å². The van der Waals surface area contributed by atoms with Crippen molar-refractivity contribution in [3.63, 3.8) is 0 Å². The Hall–Kier alpha value is -2.01. The zero-order valence-electron chi connectivity index (χ0n) is 16.8. The number of carbonyl (C=O) groups is 1. The minimum atomic E-state index is -5.19. The molecule has 2 fully saturated rings. The van der Waals surface area contributed by atoms with Crippen molar-refractivity contribution in [3.05, 3.63) is 28.8 Å². The smallest absolute Gasteiger partial charge is 0.417 e. The zero-order chi connectivity index (χ0) is 23.0. The Morgan fingerprint density at radius 2 is 1.77 bits per heavy atom. The standard InChI is InChI=1S/C20H24F6N2O3/c1-31-16-9-11(19(21,22)23)8-13(20(24,25)26)17(16)18(30)27-14-4-2-3-5-15(14)28-7-6-12(29)10-28/h8-9,12,14-15,29H,2-7,10H2,1H3,(H,27,30)/t12-,14+,15-/m0/s1. The normalized spacial score (nSPS) is 25.5. The summed E-state index contributed by atoms with van der Waals surface area (Å²) in [5.41, 5.74) is -4.20. The molecule has 3 rings (SSSR count). The molecule has 2 N–H and O–H groups in total. The highest BCUT2D eigenvalue weighted by Gasteiger charge is 2.43. The van der Waals surface area contributed by atoms with Gasteiger partial charge in [0.2, 0.25) is 0 Å². The maximum atomic E-state index is 13.6. The third-order valence-electron chi connectivity index (χ3n) is 5.89. The average Bonchev–Trinajstić information content (AvgIpc) is 3.12. The van der Waals surface area contributed by atoms with Crippen LogP contribution in [0.3, 0.4) is 0 Å². The molecule has 5 nitrogen and oxygen atoms in total. The van der Waals surface area contributed by atoms with Crippen molar-refractivity contribution in [2.75, 3.05) is 20.2 Å². The number of methoxy groups -OCH3 is 1. The third-order valence-corrected chi connectivity index (χ3v) is 5.89. The summed E-state index contributed by atoms with van der Waals surface area (Å²) >= 11 is 0. The topological polar surface area (TPSA) is 61.8 Å². The van der Waals surface area contributed by atoms with Gasteiger partial charge in [-0.15, -0.1) is 0 Å². The maximum Gasteiger partial charge on any atom is 0.417 e. The Kier molecular flexibility index (Phi) is 6.75. The molecule has 31 heavy (non-hydrogen) atoms. The van der Waals surface area contributed by atoms with Crippen LogP contribution in [0.5, 0.6) is 5.75 Å². The molecule has 11 heteroatoms. The van der Waals surface area contributed by atoms with Crippen molar-refractivity contribution in [3.8, 4) is 5.75 Å². The predicted octanol–water partition coefficient (Wildman–Crippen LogP) is 3.84. The van der Waals surface area contributed by atoms with Crippen molar-refractivity contribution in [2.24, 2.45) is 0 Å². The van der Waals surface area contributed by atoms with E-state index in [0.29, 0.717) is 38.4 Å². The number of aliphatic hydroxyl groups excluding tert-OH is 1. The van der Waals surface area contributed by atoms with Crippen molar-refractivity contribution >= 4 is 5.91 Å². The van der Waals surface area contributed by atoms with Crippen LogP contribution in [-0.2, 0) is 12.4 Å². The van der Waals surface area contributed by atoms with Crippen LogP contribution in [-0.4, -0.2) is 54.3 Å². The Balaban J connectivity index is 1.94. The van der Waals surface area contributed by atoms with E-state index in [4.69, 9.17) is 4.74 Å². The largest absolute Gasteiger partial charge is 0.496 e. The van der Waals surface area contributed by atoms with Gasteiger partial charge in [0.05, 0.1) is 29.9 Å². The van der Waals surface area contributed by atoms with Crippen LogP contribution in [0.2, 0.25) is 0 Å². The number of hydrogen-bond acceptors (Lipinski definition) is 4. The van der Waals surface area contributed by atoms with Crippen LogP contribution in [0.15, 0.2) is 12.1 Å². The molecule has 174 valence electrons. The third kappa shape index (κ3) is 5.25. The molecule has 1 saturated heterocycles. The summed E-state index contributed by atoms with van der Waals surface area (Å²) in [4.78, 5) is 14.9. The Bertz CT molecular complexity index is 811. The molecule has 1 aromatic rings. The number of carbonyl (C=O) groups excluding carboxylic acids is 1. The van der Waals surface area contributed by atoms with Crippen LogP contribution in [0, 0.1) is 0 Å². The van der Waals surface area contributed by atoms with Gasteiger partial charge in [-0.3, -0.25) is 9.69 Å². The van der Waals surface area contributed by atoms with Gasteiger partial charge < -0.3 is 15.2 Å². The Labute approximate surface area is 175 Å². The van der Waals surface area contributed by atoms with E-state index in [0.717, 1.165) is 20.0 Å². The summed E-state index contributed by atoms with van der Waals surface area (Å²) in [6.45, 7) is 1.02.